The van der Waals surface area contributed by atoms with Gasteiger partial charge in [0.05, 0.1) is 0 Å². The predicted octanol–water partition coefficient (Wildman–Crippen LogP) is 1.39. The zero-order valence-electron chi connectivity index (χ0n) is 6.40. The molecule has 1 rings (SSSR count). The maximum Gasteiger partial charge on any atom is 0.148 e. The molecule has 1 N–H and O–H groups in total. The Morgan fingerprint density at radius 1 is 1.42 bits per heavy atom. The maximum absolute atomic E-state index is 10.1. The molecule has 1 unspecified atom stereocenters. The van der Waals surface area contributed by atoms with Crippen LogP contribution in [0.1, 0.15) is 5.56 Å². The molecule has 0 spiro atoms. The summed E-state index contributed by atoms with van der Waals surface area (Å²) in [6.45, 7) is 0. The average molecular weight is 276 g/mol. The van der Waals surface area contributed by atoms with Crippen LogP contribution in [0.3, 0.4) is 0 Å². The molecule has 0 fully saturated rings. The number of aliphatic hydroxyl groups is 1. The smallest absolute Gasteiger partial charge is 0.148 e. The largest absolute Gasteiger partial charge is 0.385 e. The van der Waals surface area contributed by atoms with E-state index >= 15 is 0 Å². The van der Waals surface area contributed by atoms with Gasteiger partial charge in [-0.25, -0.2) is 0 Å². The van der Waals surface area contributed by atoms with Crippen LogP contribution >= 0.6 is 22.6 Å². The molecule has 64 valence electrons. The highest BCUT2D eigenvalue weighted by molar-refractivity contribution is 14.1. The molecule has 3 heteroatoms. The van der Waals surface area contributed by atoms with Crippen LogP contribution in [0.4, 0.5) is 0 Å². The van der Waals surface area contributed by atoms with Gasteiger partial charge in [-0.1, -0.05) is 12.1 Å². The lowest BCUT2D eigenvalue weighted by molar-refractivity contribution is -0.114. The second-order valence-corrected chi connectivity index (χ2v) is 3.78. The van der Waals surface area contributed by atoms with Crippen molar-refractivity contribution in [2.24, 2.45) is 0 Å². The van der Waals surface area contributed by atoms with Gasteiger partial charge in [0.1, 0.15) is 12.4 Å². The fraction of sp³-hybridized carbons (Fsp3) is 0.222. The molecule has 0 aliphatic rings. The van der Waals surface area contributed by atoms with Crippen LogP contribution in [-0.4, -0.2) is 17.5 Å². The van der Waals surface area contributed by atoms with Gasteiger partial charge in [-0.15, -0.1) is 0 Å². The maximum atomic E-state index is 10.1. The molecule has 0 aromatic heterocycles. The number of halogens is 1. The summed E-state index contributed by atoms with van der Waals surface area (Å²) >= 11 is 2.21. The van der Waals surface area contributed by atoms with Crippen molar-refractivity contribution in [3.63, 3.8) is 0 Å². The molecule has 0 aliphatic heterocycles. The Balaban J connectivity index is 2.64. The summed E-state index contributed by atoms with van der Waals surface area (Å²) in [7, 11) is 0. The standard InChI is InChI=1S/C9H9IO2/c10-8-3-1-7(2-4-8)5-9(12)6-11/h1-4,6,9,12H,5H2. The zero-order chi connectivity index (χ0) is 8.97. The molecule has 0 saturated heterocycles. The molecule has 1 atom stereocenters. The van der Waals surface area contributed by atoms with Gasteiger partial charge in [0.2, 0.25) is 0 Å². The molecule has 2 nitrogen and oxygen atoms in total. The summed E-state index contributed by atoms with van der Waals surface area (Å²) in [6.07, 6.45) is 0.0864. The monoisotopic (exact) mass is 276 g/mol. The minimum atomic E-state index is -0.870. The summed E-state index contributed by atoms with van der Waals surface area (Å²) in [4.78, 5) is 10.1. The van der Waals surface area contributed by atoms with Crippen molar-refractivity contribution in [3.05, 3.63) is 33.4 Å². The quantitative estimate of drug-likeness (QED) is 0.669. The normalized spacial score (nSPS) is 12.5. The number of hydrogen-bond donors (Lipinski definition) is 1. The Bertz CT molecular complexity index is 256. The summed E-state index contributed by atoms with van der Waals surface area (Å²) in [5.74, 6) is 0. The first-order chi connectivity index (χ1) is 5.72. The molecule has 1 aromatic carbocycles. The number of benzene rings is 1. The first kappa shape index (κ1) is 9.67. The minimum Gasteiger partial charge on any atom is -0.385 e. The Hall–Kier alpha value is -0.420. The second kappa shape index (κ2) is 4.57. The van der Waals surface area contributed by atoms with E-state index in [0.717, 1.165) is 9.13 Å². The van der Waals surface area contributed by atoms with Gasteiger partial charge in [0, 0.05) is 9.99 Å². The van der Waals surface area contributed by atoms with E-state index in [1.54, 1.807) is 0 Å². The molecule has 0 bridgehead atoms. The van der Waals surface area contributed by atoms with E-state index in [1.165, 1.54) is 0 Å². The summed E-state index contributed by atoms with van der Waals surface area (Å²) < 4.78 is 1.15. The summed E-state index contributed by atoms with van der Waals surface area (Å²) in [5, 5.41) is 9.01. The number of rotatable bonds is 3. The number of carbonyl (C=O) groups excluding carboxylic acids is 1. The van der Waals surface area contributed by atoms with Crippen molar-refractivity contribution >= 4 is 28.9 Å². The fourth-order valence-corrected chi connectivity index (χ4v) is 1.27. The zero-order valence-corrected chi connectivity index (χ0v) is 8.56. The van der Waals surface area contributed by atoms with Crippen molar-refractivity contribution < 1.29 is 9.90 Å². The lowest BCUT2D eigenvalue weighted by Crippen LogP contribution is -2.11. The molecule has 12 heavy (non-hydrogen) atoms. The van der Waals surface area contributed by atoms with Crippen molar-refractivity contribution in [3.8, 4) is 0 Å². The van der Waals surface area contributed by atoms with Crippen LogP contribution in [0.2, 0.25) is 0 Å². The predicted molar refractivity (Wildman–Crippen MR) is 54.9 cm³/mol. The minimum absolute atomic E-state index is 0.403. The van der Waals surface area contributed by atoms with Gasteiger partial charge >= 0.3 is 0 Å². The van der Waals surface area contributed by atoms with Gasteiger partial charge in [0.15, 0.2) is 0 Å². The summed E-state index contributed by atoms with van der Waals surface area (Å²) in [5.41, 5.74) is 0.981. The van der Waals surface area contributed by atoms with E-state index in [1.807, 2.05) is 24.3 Å². The van der Waals surface area contributed by atoms with E-state index in [4.69, 9.17) is 5.11 Å². The highest BCUT2D eigenvalue weighted by Gasteiger charge is 2.02. The highest BCUT2D eigenvalue weighted by atomic mass is 127. The third-order valence-corrected chi connectivity index (χ3v) is 2.23. The van der Waals surface area contributed by atoms with Gasteiger partial charge in [0.25, 0.3) is 0 Å². The van der Waals surface area contributed by atoms with Crippen LogP contribution in [-0.2, 0) is 11.2 Å². The number of carbonyl (C=O) groups is 1. The molecule has 0 radical (unpaired) electrons. The van der Waals surface area contributed by atoms with Gasteiger partial charge < -0.3 is 9.90 Å². The SMILES string of the molecule is O=CC(O)Cc1ccc(I)cc1. The Labute approximate surface area is 84.7 Å². The van der Waals surface area contributed by atoms with Crippen molar-refractivity contribution in [1.82, 2.24) is 0 Å². The van der Waals surface area contributed by atoms with Crippen LogP contribution in [0.25, 0.3) is 0 Å². The molecular formula is C9H9IO2. The average Bonchev–Trinajstić information content (AvgIpc) is 2.09. The van der Waals surface area contributed by atoms with Crippen LogP contribution < -0.4 is 0 Å². The Morgan fingerprint density at radius 2 is 2.00 bits per heavy atom. The van der Waals surface area contributed by atoms with Crippen LogP contribution in [0, 0.1) is 3.57 Å². The number of aliphatic hydroxyl groups excluding tert-OH is 1. The Kier molecular flexibility index (Phi) is 3.68. The van der Waals surface area contributed by atoms with Crippen molar-refractivity contribution in [1.29, 1.82) is 0 Å². The van der Waals surface area contributed by atoms with E-state index in [9.17, 15) is 4.79 Å². The number of aldehydes is 1. The van der Waals surface area contributed by atoms with E-state index in [2.05, 4.69) is 22.6 Å². The molecule has 1 aromatic rings. The van der Waals surface area contributed by atoms with Crippen molar-refractivity contribution in [2.75, 3.05) is 0 Å². The van der Waals surface area contributed by atoms with Gasteiger partial charge in [-0.3, -0.25) is 0 Å². The topological polar surface area (TPSA) is 37.3 Å². The first-order valence-corrected chi connectivity index (χ1v) is 4.68. The summed E-state index contributed by atoms with van der Waals surface area (Å²) in [6, 6.07) is 7.73. The molecule has 0 amide bonds. The molecule has 0 saturated carbocycles. The Morgan fingerprint density at radius 3 is 2.50 bits per heavy atom. The molecule has 0 aliphatic carbocycles. The second-order valence-electron chi connectivity index (χ2n) is 2.53. The molecular weight excluding hydrogens is 267 g/mol. The van der Waals surface area contributed by atoms with Crippen molar-refractivity contribution in [2.45, 2.75) is 12.5 Å². The lowest BCUT2D eigenvalue weighted by Gasteiger charge is -2.02. The lowest BCUT2D eigenvalue weighted by atomic mass is 10.1. The van der Waals surface area contributed by atoms with Crippen LogP contribution in [0.5, 0.6) is 0 Å². The first-order valence-electron chi connectivity index (χ1n) is 3.60. The van der Waals surface area contributed by atoms with E-state index < -0.39 is 6.10 Å². The van der Waals surface area contributed by atoms with Gasteiger partial charge in [-0.05, 0) is 40.3 Å². The third kappa shape index (κ3) is 2.91. The highest BCUT2D eigenvalue weighted by Crippen LogP contribution is 2.08. The van der Waals surface area contributed by atoms with Gasteiger partial charge in [-0.2, -0.15) is 0 Å². The van der Waals surface area contributed by atoms with Crippen LogP contribution in [0.15, 0.2) is 24.3 Å². The van der Waals surface area contributed by atoms with E-state index in [-0.39, 0.29) is 0 Å². The molecule has 0 heterocycles. The number of hydrogen-bond acceptors (Lipinski definition) is 2. The fourth-order valence-electron chi connectivity index (χ4n) is 0.910. The van der Waals surface area contributed by atoms with E-state index in [0.29, 0.717) is 12.7 Å². The third-order valence-electron chi connectivity index (χ3n) is 1.52.